The first-order chi connectivity index (χ1) is 9.59. The number of amides is 1. The van der Waals surface area contributed by atoms with E-state index in [4.69, 9.17) is 9.84 Å². The van der Waals surface area contributed by atoms with E-state index >= 15 is 0 Å². The summed E-state index contributed by atoms with van der Waals surface area (Å²) in [5, 5.41) is 8.83. The van der Waals surface area contributed by atoms with Crippen LogP contribution in [-0.4, -0.2) is 53.4 Å². The minimum absolute atomic E-state index is 0.0264. The van der Waals surface area contributed by atoms with Gasteiger partial charge in [0.05, 0.1) is 24.0 Å². The van der Waals surface area contributed by atoms with Gasteiger partial charge in [-0.1, -0.05) is 12.1 Å². The topological polar surface area (TPSA) is 66.8 Å². The molecule has 1 fully saturated rings. The van der Waals surface area contributed by atoms with E-state index in [1.807, 2.05) is 0 Å². The Morgan fingerprint density at radius 2 is 1.95 bits per heavy atom. The summed E-state index contributed by atoms with van der Waals surface area (Å²) >= 11 is 1.29. The van der Waals surface area contributed by atoms with Crippen LogP contribution in [0.1, 0.15) is 17.3 Å². The monoisotopic (exact) mass is 295 g/mol. The first-order valence-corrected chi connectivity index (χ1v) is 7.33. The first kappa shape index (κ1) is 14.9. The van der Waals surface area contributed by atoms with Crippen LogP contribution in [0, 0.1) is 0 Å². The van der Waals surface area contributed by atoms with Gasteiger partial charge in [0, 0.05) is 18.0 Å². The van der Waals surface area contributed by atoms with E-state index in [0.717, 1.165) is 0 Å². The summed E-state index contributed by atoms with van der Waals surface area (Å²) in [6.07, 6.45) is 0. The molecular formula is C14H17NO4S. The molecule has 1 aliphatic rings. The highest BCUT2D eigenvalue weighted by Gasteiger charge is 2.24. The Kier molecular flexibility index (Phi) is 5.03. The molecule has 0 bridgehead atoms. The van der Waals surface area contributed by atoms with Gasteiger partial charge < -0.3 is 14.7 Å². The average Bonchev–Trinajstić information content (AvgIpc) is 2.47. The molecule has 0 saturated carbocycles. The van der Waals surface area contributed by atoms with Crippen molar-refractivity contribution in [2.45, 2.75) is 17.1 Å². The summed E-state index contributed by atoms with van der Waals surface area (Å²) in [5.74, 6) is -0.947. The second-order valence-electron chi connectivity index (χ2n) is 4.50. The molecule has 1 amide bonds. The number of hydrogen-bond donors (Lipinski definition) is 1. The van der Waals surface area contributed by atoms with E-state index in [9.17, 15) is 9.59 Å². The third-order valence-corrected chi connectivity index (χ3v) is 4.26. The molecule has 1 N–H and O–H groups in total. The predicted octanol–water partition coefficient (Wildman–Crippen LogP) is 1.72. The average molecular weight is 295 g/mol. The second-order valence-corrected chi connectivity index (χ2v) is 5.88. The third kappa shape index (κ3) is 3.52. The molecule has 1 saturated heterocycles. The van der Waals surface area contributed by atoms with Crippen molar-refractivity contribution < 1.29 is 19.4 Å². The SMILES string of the molecule is CC(Sc1ccccc1C(=O)O)C(=O)N1CCOCC1. The molecule has 6 heteroatoms. The van der Waals surface area contributed by atoms with E-state index in [1.165, 1.54) is 11.8 Å². The van der Waals surface area contributed by atoms with Gasteiger partial charge in [-0.25, -0.2) is 4.79 Å². The Morgan fingerprint density at radius 3 is 2.60 bits per heavy atom. The zero-order valence-corrected chi connectivity index (χ0v) is 12.1. The van der Waals surface area contributed by atoms with Crippen molar-refractivity contribution in [2.75, 3.05) is 26.3 Å². The van der Waals surface area contributed by atoms with Crippen LogP contribution in [0.4, 0.5) is 0 Å². The second kappa shape index (κ2) is 6.76. The Morgan fingerprint density at radius 1 is 1.30 bits per heavy atom. The summed E-state index contributed by atoms with van der Waals surface area (Å²) in [7, 11) is 0. The summed E-state index contributed by atoms with van der Waals surface area (Å²) < 4.78 is 5.22. The Bertz CT molecular complexity index is 500. The molecule has 20 heavy (non-hydrogen) atoms. The molecule has 0 radical (unpaired) electrons. The van der Waals surface area contributed by atoms with Gasteiger partial charge in [0.25, 0.3) is 0 Å². The fourth-order valence-electron chi connectivity index (χ4n) is 2.03. The molecule has 1 atom stereocenters. The molecule has 1 aromatic carbocycles. The van der Waals surface area contributed by atoms with Crippen molar-refractivity contribution in [1.29, 1.82) is 0 Å². The number of carboxylic acid groups (broad SMARTS) is 1. The first-order valence-electron chi connectivity index (χ1n) is 6.45. The summed E-state index contributed by atoms with van der Waals surface area (Å²) in [6, 6.07) is 6.75. The Hall–Kier alpha value is -1.53. The van der Waals surface area contributed by atoms with E-state index in [0.29, 0.717) is 31.2 Å². The molecule has 1 unspecified atom stereocenters. The van der Waals surface area contributed by atoms with Crippen molar-refractivity contribution in [3.05, 3.63) is 29.8 Å². The molecular weight excluding hydrogens is 278 g/mol. The maximum Gasteiger partial charge on any atom is 0.336 e. The molecule has 2 rings (SSSR count). The van der Waals surface area contributed by atoms with Crippen LogP contribution in [0.5, 0.6) is 0 Å². The number of carboxylic acids is 1. The smallest absolute Gasteiger partial charge is 0.336 e. The summed E-state index contributed by atoms with van der Waals surface area (Å²) in [4.78, 5) is 25.8. The zero-order valence-electron chi connectivity index (χ0n) is 11.2. The van der Waals surface area contributed by atoms with Crippen molar-refractivity contribution in [3.63, 3.8) is 0 Å². The fourth-order valence-corrected chi connectivity index (χ4v) is 3.10. The minimum atomic E-state index is -0.973. The van der Waals surface area contributed by atoms with Gasteiger partial charge in [-0.3, -0.25) is 4.79 Å². The highest BCUT2D eigenvalue weighted by molar-refractivity contribution is 8.00. The van der Waals surface area contributed by atoms with E-state index in [2.05, 4.69) is 0 Å². The lowest BCUT2D eigenvalue weighted by molar-refractivity contribution is -0.134. The van der Waals surface area contributed by atoms with Crippen LogP contribution in [0.15, 0.2) is 29.2 Å². The quantitative estimate of drug-likeness (QED) is 0.857. The number of morpholine rings is 1. The number of hydrogen-bond acceptors (Lipinski definition) is 4. The Balaban J connectivity index is 2.05. The van der Waals surface area contributed by atoms with Crippen molar-refractivity contribution in [3.8, 4) is 0 Å². The number of rotatable bonds is 4. The van der Waals surface area contributed by atoms with Gasteiger partial charge in [0.2, 0.25) is 5.91 Å². The number of carbonyl (C=O) groups is 2. The van der Waals surface area contributed by atoms with Gasteiger partial charge in [0.15, 0.2) is 0 Å². The van der Waals surface area contributed by atoms with E-state index < -0.39 is 5.97 Å². The lowest BCUT2D eigenvalue weighted by Crippen LogP contribution is -2.44. The van der Waals surface area contributed by atoms with E-state index in [1.54, 1.807) is 36.1 Å². The normalized spacial score (nSPS) is 16.8. The highest BCUT2D eigenvalue weighted by atomic mass is 32.2. The van der Waals surface area contributed by atoms with Gasteiger partial charge in [0.1, 0.15) is 0 Å². The van der Waals surface area contributed by atoms with Crippen LogP contribution in [-0.2, 0) is 9.53 Å². The number of nitrogens with zero attached hydrogens (tertiary/aromatic N) is 1. The van der Waals surface area contributed by atoms with Crippen LogP contribution in [0.2, 0.25) is 0 Å². The molecule has 1 aromatic rings. The maximum absolute atomic E-state index is 12.3. The number of benzene rings is 1. The summed E-state index contributed by atoms with van der Waals surface area (Å²) in [6.45, 7) is 4.14. The maximum atomic E-state index is 12.3. The third-order valence-electron chi connectivity index (χ3n) is 3.09. The molecule has 1 aliphatic heterocycles. The standard InChI is InChI=1S/C14H17NO4S/c1-10(13(16)15-6-8-19-9-7-15)20-12-5-3-2-4-11(12)14(17)18/h2-5,10H,6-9H2,1H3,(H,17,18). The lowest BCUT2D eigenvalue weighted by Gasteiger charge is -2.29. The molecule has 108 valence electrons. The molecule has 0 spiro atoms. The number of thioether (sulfide) groups is 1. The molecule has 1 heterocycles. The zero-order chi connectivity index (χ0) is 14.5. The largest absolute Gasteiger partial charge is 0.478 e. The van der Waals surface area contributed by atoms with Crippen LogP contribution < -0.4 is 0 Å². The van der Waals surface area contributed by atoms with Gasteiger partial charge in [-0.15, -0.1) is 11.8 Å². The van der Waals surface area contributed by atoms with Crippen LogP contribution in [0.3, 0.4) is 0 Å². The predicted molar refractivity (Wildman–Crippen MR) is 76.1 cm³/mol. The van der Waals surface area contributed by atoms with Gasteiger partial charge in [-0.05, 0) is 19.1 Å². The minimum Gasteiger partial charge on any atom is -0.478 e. The fraction of sp³-hybridized carbons (Fsp3) is 0.429. The molecule has 0 aromatic heterocycles. The van der Waals surface area contributed by atoms with Crippen LogP contribution >= 0.6 is 11.8 Å². The molecule has 5 nitrogen and oxygen atoms in total. The van der Waals surface area contributed by atoms with Crippen molar-refractivity contribution >= 4 is 23.6 Å². The lowest BCUT2D eigenvalue weighted by atomic mass is 10.2. The van der Waals surface area contributed by atoms with Crippen molar-refractivity contribution in [1.82, 2.24) is 4.90 Å². The number of ether oxygens (including phenoxy) is 1. The summed E-state index contributed by atoms with van der Waals surface area (Å²) in [5.41, 5.74) is 0.235. The van der Waals surface area contributed by atoms with E-state index in [-0.39, 0.29) is 16.7 Å². The number of carbonyl (C=O) groups excluding carboxylic acids is 1. The molecule has 0 aliphatic carbocycles. The van der Waals surface area contributed by atoms with Gasteiger partial charge in [-0.2, -0.15) is 0 Å². The number of aromatic carboxylic acids is 1. The van der Waals surface area contributed by atoms with Gasteiger partial charge >= 0.3 is 5.97 Å². The van der Waals surface area contributed by atoms with Crippen molar-refractivity contribution in [2.24, 2.45) is 0 Å². The van der Waals surface area contributed by atoms with Crippen LogP contribution in [0.25, 0.3) is 0 Å². The highest BCUT2D eigenvalue weighted by Crippen LogP contribution is 2.28. The Labute approximate surface area is 121 Å².